The number of aromatic nitrogens is 2. The van der Waals surface area contributed by atoms with Crippen LogP contribution in [-0.4, -0.2) is 54.3 Å². The lowest BCUT2D eigenvalue weighted by Gasteiger charge is -2.25. The molecule has 1 fully saturated rings. The molecule has 0 saturated carbocycles. The molecule has 1 amide bonds. The molecule has 2 N–H and O–H groups in total. The van der Waals surface area contributed by atoms with E-state index in [1.54, 1.807) is 4.68 Å². The molecular weight excluding hydrogens is 385 g/mol. The molecule has 1 aromatic carbocycles. The second-order valence-corrected chi connectivity index (χ2v) is 7.05. The largest absolute Gasteiger partial charge is 0.348 e. The number of hydrogen-bond acceptors (Lipinski definition) is 4. The van der Waals surface area contributed by atoms with Crippen LogP contribution in [-0.2, 0) is 11.8 Å². The predicted molar refractivity (Wildman–Crippen MR) is 113 cm³/mol. The fourth-order valence-corrected chi connectivity index (χ4v) is 3.50. The van der Waals surface area contributed by atoms with E-state index in [-0.39, 0.29) is 48.6 Å². The van der Waals surface area contributed by atoms with Gasteiger partial charge in [0.1, 0.15) is 0 Å². The number of halogens is 2. The van der Waals surface area contributed by atoms with Gasteiger partial charge in [-0.3, -0.25) is 9.48 Å². The van der Waals surface area contributed by atoms with E-state index in [1.807, 2.05) is 51.7 Å². The van der Waals surface area contributed by atoms with Crippen molar-refractivity contribution in [2.75, 3.05) is 33.7 Å². The quantitative estimate of drug-likeness (QED) is 0.759. The van der Waals surface area contributed by atoms with Gasteiger partial charge in [-0.1, -0.05) is 30.3 Å². The van der Waals surface area contributed by atoms with E-state index in [4.69, 9.17) is 0 Å². The Hall–Kier alpha value is -1.60. The van der Waals surface area contributed by atoms with Crippen LogP contribution in [0.25, 0.3) is 0 Å². The van der Waals surface area contributed by atoms with Crippen molar-refractivity contribution in [2.24, 2.45) is 13.0 Å². The summed E-state index contributed by atoms with van der Waals surface area (Å²) in [6, 6.07) is 10.1. The lowest BCUT2D eigenvalue weighted by Crippen LogP contribution is -2.40. The summed E-state index contributed by atoms with van der Waals surface area (Å²) in [6.07, 6.45) is 3.87. The van der Waals surface area contributed by atoms with E-state index in [1.165, 1.54) is 0 Å². The minimum absolute atomic E-state index is 0. The van der Waals surface area contributed by atoms with Crippen LogP contribution in [0.1, 0.15) is 23.1 Å². The number of benzene rings is 1. The van der Waals surface area contributed by atoms with Crippen molar-refractivity contribution in [3.8, 4) is 0 Å². The zero-order valence-corrected chi connectivity index (χ0v) is 17.6. The van der Waals surface area contributed by atoms with Gasteiger partial charge in [-0.05, 0) is 25.2 Å². The smallest absolute Gasteiger partial charge is 0.225 e. The van der Waals surface area contributed by atoms with E-state index in [0.717, 1.165) is 24.2 Å². The Morgan fingerprint density at radius 1 is 1.30 bits per heavy atom. The van der Waals surface area contributed by atoms with Gasteiger partial charge in [0.15, 0.2) is 0 Å². The lowest BCUT2D eigenvalue weighted by atomic mass is 9.90. The first kappa shape index (κ1) is 23.4. The van der Waals surface area contributed by atoms with Crippen LogP contribution in [0.2, 0.25) is 0 Å². The van der Waals surface area contributed by atoms with Crippen molar-refractivity contribution >= 4 is 30.7 Å². The van der Waals surface area contributed by atoms with Crippen LogP contribution < -0.4 is 10.6 Å². The molecule has 0 aliphatic carbocycles. The lowest BCUT2D eigenvalue weighted by molar-refractivity contribution is -0.125. The normalized spacial score (nSPS) is 19.9. The zero-order chi connectivity index (χ0) is 17.8. The van der Waals surface area contributed by atoms with E-state index in [2.05, 4.69) is 32.8 Å². The average molecular weight is 414 g/mol. The van der Waals surface area contributed by atoms with Crippen LogP contribution in [0.3, 0.4) is 0 Å². The highest BCUT2D eigenvalue weighted by atomic mass is 35.5. The molecule has 8 heteroatoms. The highest BCUT2D eigenvalue weighted by molar-refractivity contribution is 5.85. The molecule has 150 valence electrons. The van der Waals surface area contributed by atoms with E-state index in [9.17, 15) is 4.79 Å². The van der Waals surface area contributed by atoms with Crippen LogP contribution in [0.5, 0.6) is 0 Å². The molecule has 1 unspecified atom stereocenters. The molecule has 27 heavy (non-hydrogen) atoms. The van der Waals surface area contributed by atoms with Gasteiger partial charge in [-0.25, -0.2) is 0 Å². The number of carbonyl (C=O) groups is 1. The summed E-state index contributed by atoms with van der Waals surface area (Å²) in [5, 5.41) is 10.9. The number of hydrogen-bond donors (Lipinski definition) is 2. The maximum atomic E-state index is 13.0. The zero-order valence-electron chi connectivity index (χ0n) is 16.0. The molecule has 3 atom stereocenters. The third-order valence-corrected chi connectivity index (χ3v) is 4.77. The Morgan fingerprint density at radius 2 is 2.00 bits per heavy atom. The van der Waals surface area contributed by atoms with Gasteiger partial charge in [0.05, 0.1) is 18.2 Å². The maximum absolute atomic E-state index is 13.0. The minimum atomic E-state index is -0.0717. The van der Waals surface area contributed by atoms with Gasteiger partial charge in [0, 0.05) is 38.8 Å². The highest BCUT2D eigenvalue weighted by Crippen LogP contribution is 2.28. The first-order chi connectivity index (χ1) is 12.0. The standard InChI is InChI=1S/C19H27N5O.2ClH/c1-23(2)13-18(14-7-5-4-6-8-14)22-19(25)17-11-20-10-16(17)15-9-21-24(3)12-15;;/h4-9,12,16-18,20H,10-11,13H2,1-3H3,(H,22,25);2*1H/t16-,17+,18?;;/m1../s1. The molecule has 1 saturated heterocycles. The van der Waals surface area contributed by atoms with Crippen molar-refractivity contribution in [1.29, 1.82) is 0 Å². The average Bonchev–Trinajstić information content (AvgIpc) is 3.23. The van der Waals surface area contributed by atoms with Gasteiger partial charge in [-0.2, -0.15) is 5.10 Å². The molecule has 2 heterocycles. The summed E-state index contributed by atoms with van der Waals surface area (Å²) in [4.78, 5) is 15.1. The van der Waals surface area contributed by atoms with Gasteiger partial charge >= 0.3 is 0 Å². The summed E-state index contributed by atoms with van der Waals surface area (Å²) in [5.74, 6) is 0.205. The second-order valence-electron chi connectivity index (χ2n) is 7.05. The molecule has 0 radical (unpaired) electrons. The molecule has 0 spiro atoms. The fourth-order valence-electron chi connectivity index (χ4n) is 3.50. The molecule has 6 nitrogen and oxygen atoms in total. The summed E-state index contributed by atoms with van der Waals surface area (Å²) >= 11 is 0. The molecule has 0 bridgehead atoms. The highest BCUT2D eigenvalue weighted by Gasteiger charge is 2.35. The number of amides is 1. The Labute approximate surface area is 173 Å². The van der Waals surface area contributed by atoms with E-state index < -0.39 is 0 Å². The van der Waals surface area contributed by atoms with Crippen molar-refractivity contribution in [3.05, 3.63) is 53.9 Å². The third-order valence-electron chi connectivity index (χ3n) is 4.77. The van der Waals surface area contributed by atoms with Crippen LogP contribution in [0.4, 0.5) is 0 Å². The Bertz CT molecular complexity index is 707. The first-order valence-electron chi connectivity index (χ1n) is 8.74. The molecule has 1 aliphatic rings. The van der Waals surface area contributed by atoms with Gasteiger partial charge in [-0.15, -0.1) is 24.8 Å². The summed E-state index contributed by atoms with van der Waals surface area (Å²) < 4.78 is 1.79. The van der Waals surface area contributed by atoms with Crippen molar-refractivity contribution in [2.45, 2.75) is 12.0 Å². The van der Waals surface area contributed by atoms with E-state index >= 15 is 0 Å². The fraction of sp³-hybridized carbons (Fsp3) is 0.474. The van der Waals surface area contributed by atoms with Crippen molar-refractivity contribution in [3.63, 3.8) is 0 Å². The van der Waals surface area contributed by atoms with Crippen LogP contribution in [0, 0.1) is 5.92 Å². The van der Waals surface area contributed by atoms with Crippen LogP contribution >= 0.6 is 24.8 Å². The summed E-state index contributed by atoms with van der Waals surface area (Å²) in [5.41, 5.74) is 2.25. The minimum Gasteiger partial charge on any atom is -0.348 e. The monoisotopic (exact) mass is 413 g/mol. The SMILES string of the molecule is CN(C)CC(NC(=O)[C@H]1CNC[C@@H]1c1cnn(C)c1)c1ccccc1.Cl.Cl. The molecule has 2 aromatic rings. The summed E-state index contributed by atoms with van der Waals surface area (Å²) in [6.45, 7) is 2.29. The first-order valence-corrected chi connectivity index (χ1v) is 8.74. The Balaban J connectivity index is 0.00000182. The number of aryl methyl sites for hydroxylation is 1. The molecule has 1 aliphatic heterocycles. The van der Waals surface area contributed by atoms with Gasteiger partial charge in [0.2, 0.25) is 5.91 Å². The topological polar surface area (TPSA) is 62.2 Å². The van der Waals surface area contributed by atoms with Gasteiger partial charge in [0.25, 0.3) is 0 Å². The number of likely N-dealkylation sites (N-methyl/N-ethyl adjacent to an activating group) is 1. The number of nitrogens with one attached hydrogen (secondary N) is 2. The Morgan fingerprint density at radius 3 is 2.59 bits per heavy atom. The summed E-state index contributed by atoms with van der Waals surface area (Å²) in [7, 11) is 5.96. The third kappa shape index (κ3) is 5.94. The van der Waals surface area contributed by atoms with Crippen LogP contribution in [0.15, 0.2) is 42.7 Å². The Kier molecular flexibility index (Phi) is 9.26. The van der Waals surface area contributed by atoms with Gasteiger partial charge < -0.3 is 15.5 Å². The van der Waals surface area contributed by atoms with E-state index in [0.29, 0.717) is 6.54 Å². The number of rotatable bonds is 6. The maximum Gasteiger partial charge on any atom is 0.225 e. The number of carbonyl (C=O) groups excluding carboxylic acids is 1. The van der Waals surface area contributed by atoms with Crippen molar-refractivity contribution < 1.29 is 4.79 Å². The molecule has 3 rings (SSSR count). The second kappa shape index (κ2) is 10.7. The molecular formula is C19H29Cl2N5O. The number of nitrogens with zero attached hydrogens (tertiary/aromatic N) is 3. The van der Waals surface area contributed by atoms with Crippen molar-refractivity contribution in [1.82, 2.24) is 25.3 Å². The molecule has 1 aromatic heterocycles. The predicted octanol–water partition coefficient (Wildman–Crippen LogP) is 1.99.